The number of carbonyl (C=O) groups is 1. The van der Waals surface area contributed by atoms with Crippen LogP contribution in [-0.2, 0) is 4.79 Å². The second kappa shape index (κ2) is 6.09. The molecule has 1 aliphatic heterocycles. The Labute approximate surface area is 146 Å². The number of rotatable bonds is 3. The molecule has 0 radical (unpaired) electrons. The van der Waals surface area contributed by atoms with Gasteiger partial charge in [0.05, 0.1) is 11.9 Å². The van der Waals surface area contributed by atoms with Gasteiger partial charge in [0.25, 0.3) is 5.91 Å². The monoisotopic (exact) mass is 333 g/mol. The highest BCUT2D eigenvalue weighted by Crippen LogP contribution is 2.38. The van der Waals surface area contributed by atoms with Crippen molar-refractivity contribution in [3.63, 3.8) is 0 Å². The Bertz CT molecular complexity index is 918. The van der Waals surface area contributed by atoms with Crippen molar-refractivity contribution >= 4 is 11.7 Å². The number of benzene rings is 2. The maximum atomic E-state index is 12.9. The van der Waals surface area contributed by atoms with Gasteiger partial charge in [0.2, 0.25) is 0 Å². The summed E-state index contributed by atoms with van der Waals surface area (Å²) in [5.74, 6) is 1.29. The van der Waals surface area contributed by atoms with Gasteiger partial charge < -0.3 is 10.1 Å². The van der Waals surface area contributed by atoms with Crippen LogP contribution in [0.15, 0.2) is 60.8 Å². The number of nitrogens with one attached hydrogen (secondary N) is 1. The molecule has 0 spiro atoms. The van der Waals surface area contributed by atoms with Crippen LogP contribution in [0.5, 0.6) is 5.75 Å². The fourth-order valence-electron chi connectivity index (χ4n) is 3.18. The van der Waals surface area contributed by atoms with E-state index in [1.54, 1.807) is 10.9 Å². The molecule has 0 unspecified atom stereocenters. The summed E-state index contributed by atoms with van der Waals surface area (Å²) in [5, 5.41) is 7.39. The van der Waals surface area contributed by atoms with Crippen LogP contribution in [0, 0.1) is 6.92 Å². The van der Waals surface area contributed by atoms with E-state index < -0.39 is 6.10 Å². The van der Waals surface area contributed by atoms with Gasteiger partial charge in [-0.1, -0.05) is 43.3 Å². The van der Waals surface area contributed by atoms with Gasteiger partial charge in [-0.05, 0) is 25.1 Å². The third kappa shape index (κ3) is 2.67. The normalized spacial score (nSPS) is 18.5. The number of amides is 1. The number of aryl methyl sites for hydroxylation is 1. The predicted octanol–water partition coefficient (Wildman–Crippen LogP) is 3.68. The van der Waals surface area contributed by atoms with Crippen LogP contribution in [0.2, 0.25) is 0 Å². The summed E-state index contributed by atoms with van der Waals surface area (Å²) in [6, 6.07) is 17.5. The molecule has 126 valence electrons. The summed E-state index contributed by atoms with van der Waals surface area (Å²) < 4.78 is 7.61. The lowest BCUT2D eigenvalue weighted by molar-refractivity contribution is -0.122. The fraction of sp³-hybridized carbons (Fsp3) is 0.200. The van der Waals surface area contributed by atoms with Crippen LogP contribution in [-0.4, -0.2) is 21.8 Å². The quantitative estimate of drug-likeness (QED) is 0.795. The number of hydrogen-bond acceptors (Lipinski definition) is 3. The number of aromatic nitrogens is 2. The zero-order chi connectivity index (χ0) is 17.4. The lowest BCUT2D eigenvalue weighted by Crippen LogP contribution is -2.34. The number of anilines is 1. The lowest BCUT2D eigenvalue weighted by atomic mass is 9.97. The maximum absolute atomic E-state index is 12.9. The third-order valence-electron chi connectivity index (χ3n) is 4.57. The summed E-state index contributed by atoms with van der Waals surface area (Å²) in [6.45, 7) is 3.94. The number of hydrogen-bond donors (Lipinski definition) is 1. The van der Waals surface area contributed by atoms with Gasteiger partial charge in [-0.15, -0.1) is 0 Å². The second-order valence-corrected chi connectivity index (χ2v) is 6.28. The second-order valence-electron chi connectivity index (χ2n) is 6.28. The first-order chi connectivity index (χ1) is 12.1. The van der Waals surface area contributed by atoms with Crippen molar-refractivity contribution in [2.24, 2.45) is 0 Å². The van der Waals surface area contributed by atoms with Crippen molar-refractivity contribution in [1.29, 1.82) is 0 Å². The summed E-state index contributed by atoms with van der Waals surface area (Å²) in [5.41, 5.74) is 2.87. The number of nitrogens with zero attached hydrogens (tertiary/aromatic N) is 2. The zero-order valence-electron chi connectivity index (χ0n) is 14.1. The molecule has 0 fully saturated rings. The van der Waals surface area contributed by atoms with E-state index in [1.807, 2.05) is 68.4 Å². The molecule has 4 rings (SSSR count). The van der Waals surface area contributed by atoms with Gasteiger partial charge in [0, 0.05) is 17.0 Å². The summed E-state index contributed by atoms with van der Waals surface area (Å²) in [6.07, 6.45) is 1.20. The summed E-state index contributed by atoms with van der Waals surface area (Å²) >= 11 is 0. The average molecular weight is 333 g/mol. The molecule has 0 aliphatic carbocycles. The van der Waals surface area contributed by atoms with Gasteiger partial charge in [-0.25, -0.2) is 4.68 Å². The van der Waals surface area contributed by atoms with Gasteiger partial charge in [-0.2, -0.15) is 5.10 Å². The van der Waals surface area contributed by atoms with Gasteiger partial charge in [0.15, 0.2) is 6.10 Å². The van der Waals surface area contributed by atoms with Crippen molar-refractivity contribution in [3.05, 3.63) is 71.9 Å². The number of carbonyl (C=O) groups excluding carboxylic acids is 1. The average Bonchev–Trinajstić information content (AvgIpc) is 3.17. The highest BCUT2D eigenvalue weighted by Gasteiger charge is 2.36. The molecule has 2 heterocycles. The van der Waals surface area contributed by atoms with E-state index in [2.05, 4.69) is 10.4 Å². The molecule has 3 aromatic rings. The molecule has 2 atom stereocenters. The first-order valence-electron chi connectivity index (χ1n) is 8.31. The Morgan fingerprint density at radius 1 is 1.12 bits per heavy atom. The minimum absolute atomic E-state index is 0.00426. The minimum Gasteiger partial charge on any atom is -0.480 e. The van der Waals surface area contributed by atoms with E-state index >= 15 is 0 Å². The molecule has 0 bridgehead atoms. The SMILES string of the molecule is Cc1cnn(-c2ccccc2)c1NC(=O)[C@H]1Oc2ccccc2[C@H]1C. The standard InChI is InChI=1S/C20H19N3O2/c1-13-12-21-23(15-8-4-3-5-9-15)19(13)22-20(24)18-14(2)16-10-6-7-11-17(16)25-18/h3-12,14,18H,1-2H3,(H,22,24)/t14-,18+/m1/s1. The zero-order valence-corrected chi connectivity index (χ0v) is 14.1. The Hall–Kier alpha value is -3.08. The smallest absolute Gasteiger partial charge is 0.267 e. The number of ether oxygens (including phenoxy) is 1. The van der Waals surface area contributed by atoms with E-state index in [1.165, 1.54) is 0 Å². The molecule has 1 aliphatic rings. The van der Waals surface area contributed by atoms with Crippen molar-refractivity contribution in [2.75, 3.05) is 5.32 Å². The molecule has 5 nitrogen and oxygen atoms in total. The van der Waals surface area contributed by atoms with Crippen LogP contribution in [0.3, 0.4) is 0 Å². The maximum Gasteiger partial charge on any atom is 0.267 e. The van der Waals surface area contributed by atoms with Crippen molar-refractivity contribution in [2.45, 2.75) is 25.9 Å². The van der Waals surface area contributed by atoms with Gasteiger partial charge >= 0.3 is 0 Å². The molecule has 1 N–H and O–H groups in total. The largest absolute Gasteiger partial charge is 0.480 e. The third-order valence-corrected chi connectivity index (χ3v) is 4.57. The molecule has 5 heteroatoms. The van der Waals surface area contributed by atoms with Crippen molar-refractivity contribution in [3.8, 4) is 11.4 Å². The van der Waals surface area contributed by atoms with E-state index in [-0.39, 0.29) is 11.8 Å². The molecule has 0 saturated carbocycles. The van der Waals surface area contributed by atoms with Crippen molar-refractivity contribution in [1.82, 2.24) is 9.78 Å². The molecule has 0 saturated heterocycles. The van der Waals surface area contributed by atoms with Crippen LogP contribution in [0.4, 0.5) is 5.82 Å². The number of fused-ring (bicyclic) bond motifs is 1. The highest BCUT2D eigenvalue weighted by molar-refractivity contribution is 5.95. The van der Waals surface area contributed by atoms with Gasteiger partial charge in [0.1, 0.15) is 11.6 Å². The Balaban J connectivity index is 1.60. The Morgan fingerprint density at radius 2 is 1.84 bits per heavy atom. The Morgan fingerprint density at radius 3 is 2.60 bits per heavy atom. The molecule has 1 aromatic heterocycles. The van der Waals surface area contributed by atoms with E-state index in [4.69, 9.17) is 4.74 Å². The molecular formula is C20H19N3O2. The number of para-hydroxylation sites is 2. The topological polar surface area (TPSA) is 56.2 Å². The summed E-state index contributed by atoms with van der Waals surface area (Å²) in [7, 11) is 0. The van der Waals surface area contributed by atoms with E-state index in [0.717, 1.165) is 22.6 Å². The first kappa shape index (κ1) is 15.4. The predicted molar refractivity (Wildman–Crippen MR) is 96.2 cm³/mol. The fourth-order valence-corrected chi connectivity index (χ4v) is 3.18. The van der Waals surface area contributed by atoms with Crippen LogP contribution < -0.4 is 10.1 Å². The first-order valence-corrected chi connectivity index (χ1v) is 8.31. The molecule has 2 aromatic carbocycles. The Kier molecular flexibility index (Phi) is 3.76. The van der Waals surface area contributed by atoms with Crippen LogP contribution in [0.1, 0.15) is 24.0 Å². The minimum atomic E-state index is -0.545. The van der Waals surface area contributed by atoms with E-state index in [9.17, 15) is 4.79 Å². The van der Waals surface area contributed by atoms with E-state index in [0.29, 0.717) is 5.82 Å². The van der Waals surface area contributed by atoms with Crippen LogP contribution in [0.25, 0.3) is 5.69 Å². The van der Waals surface area contributed by atoms with Crippen molar-refractivity contribution < 1.29 is 9.53 Å². The lowest BCUT2D eigenvalue weighted by Gasteiger charge is -2.16. The van der Waals surface area contributed by atoms with Crippen LogP contribution >= 0.6 is 0 Å². The highest BCUT2D eigenvalue weighted by atomic mass is 16.5. The molecule has 1 amide bonds. The van der Waals surface area contributed by atoms with Gasteiger partial charge in [-0.3, -0.25) is 4.79 Å². The molecular weight excluding hydrogens is 314 g/mol. The summed E-state index contributed by atoms with van der Waals surface area (Å²) in [4.78, 5) is 12.9. The molecule has 25 heavy (non-hydrogen) atoms.